The Labute approximate surface area is 137 Å². The molecule has 0 amide bonds. The fraction of sp³-hybridized carbons (Fsp3) is 1.00. The maximum Gasteiger partial charge on any atom is 0.151 e. The Morgan fingerprint density at radius 1 is 0.455 bits per heavy atom. The molecule has 0 saturated carbocycles. The smallest absolute Gasteiger partial charge is 0.151 e. The Bertz CT molecular complexity index is 164. The Kier molecular flexibility index (Phi) is 22.8. The normalized spacial score (nSPS) is 10.9. The van der Waals surface area contributed by atoms with Crippen LogP contribution in [0.25, 0.3) is 0 Å². The predicted octanol–water partition coefficient (Wildman–Crippen LogP) is 4.10. The van der Waals surface area contributed by atoms with E-state index in [0.717, 1.165) is 25.7 Å². The highest BCUT2D eigenvalue weighted by Crippen LogP contribution is 2.08. The van der Waals surface area contributed by atoms with Gasteiger partial charge in [-0.1, -0.05) is 78.1 Å². The summed E-state index contributed by atoms with van der Waals surface area (Å²) < 4.78 is 0. The van der Waals surface area contributed by atoms with Crippen molar-refractivity contribution in [2.45, 2.75) is 116 Å². The number of hydrogen-bond donors (Lipinski definition) is 4. The maximum atomic E-state index is 8.51. The summed E-state index contributed by atoms with van der Waals surface area (Å²) in [5.74, 6) is 0. The second kappa shape index (κ2) is 20.8. The van der Waals surface area contributed by atoms with Crippen molar-refractivity contribution in [1.82, 2.24) is 0 Å². The minimum Gasteiger partial charge on any atom is -0.368 e. The molecule has 0 aromatic rings. The lowest BCUT2D eigenvalue weighted by atomic mass is 10.1. The summed E-state index contributed by atoms with van der Waals surface area (Å²) in [5.41, 5.74) is 0. The number of hydrogen-bond acceptors (Lipinski definition) is 4. The van der Waals surface area contributed by atoms with Gasteiger partial charge in [0.1, 0.15) is 0 Å². The quantitative estimate of drug-likeness (QED) is 0.287. The minimum absolute atomic E-state index is 0.534. The number of aliphatic hydroxyl groups excluding tert-OH is 2. The van der Waals surface area contributed by atoms with Crippen molar-refractivity contribution in [2.24, 2.45) is 0 Å². The van der Waals surface area contributed by atoms with Crippen molar-refractivity contribution in [2.75, 3.05) is 0 Å². The topological polar surface area (TPSA) is 80.9 Å². The molecule has 0 saturated heterocycles. The Hall–Kier alpha value is -0.160. The summed E-state index contributed by atoms with van der Waals surface area (Å²) in [6.07, 6.45) is 13.2. The largest absolute Gasteiger partial charge is 0.368 e. The van der Waals surface area contributed by atoms with Crippen LogP contribution >= 0.6 is 0 Å². The molecule has 0 radical (unpaired) electrons. The van der Waals surface area contributed by atoms with Gasteiger partial charge >= 0.3 is 0 Å². The van der Waals surface area contributed by atoms with Gasteiger partial charge in [0.2, 0.25) is 0 Å². The predicted molar refractivity (Wildman–Crippen MR) is 92.4 cm³/mol. The van der Waals surface area contributed by atoms with Crippen LogP contribution in [0.3, 0.4) is 0 Å². The highest BCUT2D eigenvalue weighted by Gasteiger charge is 1.96. The number of rotatable bonds is 14. The lowest BCUT2D eigenvalue weighted by Crippen LogP contribution is -2.02. The lowest BCUT2D eigenvalue weighted by molar-refractivity contribution is -0.0472. The minimum atomic E-state index is -1.10. The van der Waals surface area contributed by atoms with Crippen LogP contribution in [0.2, 0.25) is 0 Å². The summed E-state index contributed by atoms with van der Waals surface area (Å²) >= 11 is 0. The highest BCUT2D eigenvalue weighted by molar-refractivity contribution is 4.46. The Balaban J connectivity index is 0. The SMILES string of the molecule is CCCCCCCCC(O)O.CCCCCCCCC(O)O. The standard InChI is InChI=1S/2C9H20O2/c2*1-2-3-4-5-6-7-8-9(10)11/h2*9-11H,2-8H2,1H3. The monoisotopic (exact) mass is 320 g/mol. The third-order valence-corrected chi connectivity index (χ3v) is 3.63. The zero-order valence-electron chi connectivity index (χ0n) is 14.8. The van der Waals surface area contributed by atoms with Crippen LogP contribution in [0.4, 0.5) is 0 Å². The van der Waals surface area contributed by atoms with Crippen LogP contribution in [0.5, 0.6) is 0 Å². The molecule has 0 unspecified atom stereocenters. The first-order valence-electron chi connectivity index (χ1n) is 9.26. The van der Waals surface area contributed by atoms with Gasteiger partial charge in [0, 0.05) is 0 Å². The van der Waals surface area contributed by atoms with Gasteiger partial charge in [-0.15, -0.1) is 0 Å². The van der Waals surface area contributed by atoms with Gasteiger partial charge in [0.15, 0.2) is 12.6 Å². The van der Waals surface area contributed by atoms with Crippen LogP contribution < -0.4 is 0 Å². The van der Waals surface area contributed by atoms with Gasteiger partial charge in [0.05, 0.1) is 0 Å². The van der Waals surface area contributed by atoms with E-state index in [2.05, 4.69) is 13.8 Å². The summed E-state index contributed by atoms with van der Waals surface area (Å²) in [4.78, 5) is 0. The van der Waals surface area contributed by atoms with E-state index in [-0.39, 0.29) is 0 Å². The molecule has 4 nitrogen and oxygen atoms in total. The lowest BCUT2D eigenvalue weighted by Gasteiger charge is -2.02. The molecule has 0 atom stereocenters. The van der Waals surface area contributed by atoms with E-state index in [9.17, 15) is 0 Å². The van der Waals surface area contributed by atoms with Crippen molar-refractivity contribution >= 4 is 0 Å². The van der Waals surface area contributed by atoms with E-state index in [0.29, 0.717) is 12.8 Å². The second-order valence-corrected chi connectivity index (χ2v) is 6.07. The molecule has 4 N–H and O–H groups in total. The molecule has 0 aromatic carbocycles. The van der Waals surface area contributed by atoms with Crippen LogP contribution in [0, 0.1) is 0 Å². The van der Waals surface area contributed by atoms with Crippen molar-refractivity contribution in [3.63, 3.8) is 0 Å². The van der Waals surface area contributed by atoms with Crippen molar-refractivity contribution in [3.8, 4) is 0 Å². The van der Waals surface area contributed by atoms with Gasteiger partial charge in [0.25, 0.3) is 0 Å². The molecule has 0 aliphatic heterocycles. The summed E-state index contributed by atoms with van der Waals surface area (Å²) in [7, 11) is 0. The van der Waals surface area contributed by atoms with Crippen LogP contribution in [-0.4, -0.2) is 33.0 Å². The molecule has 0 fully saturated rings. The molecule has 0 rings (SSSR count). The zero-order chi connectivity index (χ0) is 17.1. The van der Waals surface area contributed by atoms with Gasteiger partial charge < -0.3 is 20.4 Å². The third kappa shape index (κ3) is 28.1. The molecule has 0 aliphatic rings. The molecule has 0 spiro atoms. The van der Waals surface area contributed by atoms with Gasteiger partial charge in [-0.3, -0.25) is 0 Å². The van der Waals surface area contributed by atoms with Crippen molar-refractivity contribution < 1.29 is 20.4 Å². The van der Waals surface area contributed by atoms with Crippen LogP contribution in [0.1, 0.15) is 104 Å². The first-order valence-corrected chi connectivity index (χ1v) is 9.26. The molecule has 0 aromatic heterocycles. The Morgan fingerprint density at radius 2 is 0.727 bits per heavy atom. The van der Waals surface area contributed by atoms with Crippen LogP contribution in [-0.2, 0) is 0 Å². The molecular weight excluding hydrogens is 280 g/mol. The summed E-state index contributed by atoms with van der Waals surface area (Å²) in [6, 6.07) is 0. The molecular formula is C18H40O4. The zero-order valence-corrected chi connectivity index (χ0v) is 14.8. The average Bonchev–Trinajstić information content (AvgIpc) is 2.46. The van der Waals surface area contributed by atoms with E-state index >= 15 is 0 Å². The van der Waals surface area contributed by atoms with Crippen molar-refractivity contribution in [3.05, 3.63) is 0 Å². The van der Waals surface area contributed by atoms with Gasteiger partial charge in [-0.25, -0.2) is 0 Å². The van der Waals surface area contributed by atoms with Crippen molar-refractivity contribution in [1.29, 1.82) is 0 Å². The van der Waals surface area contributed by atoms with Gasteiger partial charge in [-0.05, 0) is 25.7 Å². The molecule has 0 bridgehead atoms. The third-order valence-electron chi connectivity index (χ3n) is 3.63. The van der Waals surface area contributed by atoms with Gasteiger partial charge in [-0.2, -0.15) is 0 Å². The Morgan fingerprint density at radius 3 is 1.00 bits per heavy atom. The fourth-order valence-electron chi connectivity index (χ4n) is 2.21. The second-order valence-electron chi connectivity index (χ2n) is 6.07. The first kappa shape index (κ1) is 24.1. The van der Waals surface area contributed by atoms with E-state index in [1.165, 1.54) is 51.4 Å². The first-order chi connectivity index (χ1) is 10.5. The number of aliphatic hydroxyl groups is 4. The maximum absolute atomic E-state index is 8.51. The summed E-state index contributed by atoms with van der Waals surface area (Å²) in [6.45, 7) is 4.38. The van der Waals surface area contributed by atoms with Crippen LogP contribution in [0.15, 0.2) is 0 Å². The van der Waals surface area contributed by atoms with E-state index in [4.69, 9.17) is 20.4 Å². The summed E-state index contributed by atoms with van der Waals surface area (Å²) in [5, 5.41) is 34.0. The average molecular weight is 321 g/mol. The van der Waals surface area contributed by atoms with E-state index in [1.807, 2.05) is 0 Å². The molecule has 4 heteroatoms. The molecule has 0 aliphatic carbocycles. The molecule has 0 heterocycles. The number of unbranched alkanes of at least 4 members (excludes halogenated alkanes) is 10. The van der Waals surface area contributed by atoms with E-state index in [1.54, 1.807) is 0 Å². The molecule has 136 valence electrons. The van der Waals surface area contributed by atoms with E-state index < -0.39 is 12.6 Å². The fourth-order valence-corrected chi connectivity index (χ4v) is 2.21. The highest BCUT2D eigenvalue weighted by atomic mass is 16.5. The molecule has 22 heavy (non-hydrogen) atoms.